The minimum atomic E-state index is -0.586. The smallest absolute Gasteiger partial charge is 0.348 e. The molecule has 3 rings (SSSR count). The van der Waals surface area contributed by atoms with Crippen LogP contribution in [0.4, 0.5) is 0 Å². The number of esters is 2. The summed E-state index contributed by atoms with van der Waals surface area (Å²) in [5.41, 5.74) is 0.679. The van der Waals surface area contributed by atoms with Crippen LogP contribution >= 0.6 is 15.9 Å². The molecule has 16 heavy (non-hydrogen) atoms. The Balaban J connectivity index is 2.54. The third kappa shape index (κ3) is 1.13. The monoisotopic (exact) mass is 276 g/mol. The second-order valence-corrected chi connectivity index (χ2v) is 4.36. The van der Waals surface area contributed by atoms with Crippen molar-refractivity contribution in [3.05, 3.63) is 45.9 Å². The molecule has 0 unspecified atom stereocenters. The van der Waals surface area contributed by atoms with E-state index in [1.807, 2.05) is 24.3 Å². The van der Waals surface area contributed by atoms with Gasteiger partial charge in [0.2, 0.25) is 0 Å². The molecule has 0 radical (unpaired) electrons. The van der Waals surface area contributed by atoms with Crippen molar-refractivity contribution in [3.63, 3.8) is 0 Å². The number of cyclic esters (lactones) is 2. The lowest BCUT2D eigenvalue weighted by Gasteiger charge is -2.02. The standard InChI is InChI=1S/C12H5BrO3/c13-8-5-6-3-1-2-4-7(6)9-10(8)12(15)16-11(9)14/h1-5H. The number of carbonyl (C=O) groups is 2. The SMILES string of the molecule is O=C1OC(=O)c2c1c(Br)cc1ccccc21. The van der Waals surface area contributed by atoms with E-state index in [-0.39, 0.29) is 0 Å². The fourth-order valence-electron chi connectivity index (χ4n) is 1.91. The first kappa shape index (κ1) is 9.54. The van der Waals surface area contributed by atoms with Gasteiger partial charge < -0.3 is 4.74 Å². The Hall–Kier alpha value is -1.68. The number of carbonyl (C=O) groups excluding carboxylic acids is 2. The highest BCUT2D eigenvalue weighted by atomic mass is 79.9. The Morgan fingerprint density at radius 2 is 1.69 bits per heavy atom. The minimum Gasteiger partial charge on any atom is -0.386 e. The second-order valence-electron chi connectivity index (χ2n) is 3.51. The number of halogens is 1. The van der Waals surface area contributed by atoms with Gasteiger partial charge in [0.15, 0.2) is 0 Å². The zero-order chi connectivity index (χ0) is 11.3. The summed E-state index contributed by atoms with van der Waals surface area (Å²) in [6.45, 7) is 0. The minimum absolute atomic E-state index is 0.323. The Kier molecular flexibility index (Phi) is 1.88. The average Bonchev–Trinajstić information content (AvgIpc) is 2.55. The third-order valence-electron chi connectivity index (χ3n) is 2.59. The van der Waals surface area contributed by atoms with Gasteiger partial charge in [0.1, 0.15) is 0 Å². The maximum atomic E-state index is 11.6. The van der Waals surface area contributed by atoms with Crippen molar-refractivity contribution in [2.24, 2.45) is 0 Å². The van der Waals surface area contributed by atoms with Gasteiger partial charge in [0, 0.05) is 4.47 Å². The van der Waals surface area contributed by atoms with Crippen LogP contribution in [0.5, 0.6) is 0 Å². The molecular formula is C12H5BrO3. The van der Waals surface area contributed by atoms with Gasteiger partial charge in [-0.1, -0.05) is 24.3 Å². The van der Waals surface area contributed by atoms with Crippen LogP contribution in [0.3, 0.4) is 0 Å². The molecule has 1 heterocycles. The van der Waals surface area contributed by atoms with E-state index in [1.54, 1.807) is 6.07 Å². The van der Waals surface area contributed by atoms with Crippen LogP contribution in [0.1, 0.15) is 20.7 Å². The first-order valence-corrected chi connectivity index (χ1v) is 5.45. The quantitative estimate of drug-likeness (QED) is 0.549. The van der Waals surface area contributed by atoms with Crippen molar-refractivity contribution in [1.82, 2.24) is 0 Å². The number of hydrogen-bond acceptors (Lipinski definition) is 3. The molecule has 0 atom stereocenters. The van der Waals surface area contributed by atoms with E-state index >= 15 is 0 Å². The predicted molar refractivity (Wildman–Crippen MR) is 61.4 cm³/mol. The Bertz CT molecular complexity index is 646. The summed E-state index contributed by atoms with van der Waals surface area (Å²) in [5, 5.41) is 1.65. The van der Waals surface area contributed by atoms with E-state index in [9.17, 15) is 9.59 Å². The van der Waals surface area contributed by atoms with E-state index in [2.05, 4.69) is 20.7 Å². The van der Waals surface area contributed by atoms with Gasteiger partial charge in [-0.15, -0.1) is 0 Å². The summed E-state index contributed by atoms with van der Waals surface area (Å²) >= 11 is 3.28. The average molecular weight is 277 g/mol. The van der Waals surface area contributed by atoms with Gasteiger partial charge in [-0.3, -0.25) is 0 Å². The molecule has 0 fully saturated rings. The Labute approximate surface area is 99.1 Å². The van der Waals surface area contributed by atoms with Crippen LogP contribution in [0.25, 0.3) is 10.8 Å². The van der Waals surface area contributed by atoms with Gasteiger partial charge in [-0.05, 0) is 32.8 Å². The van der Waals surface area contributed by atoms with Crippen LogP contribution in [-0.4, -0.2) is 11.9 Å². The van der Waals surface area contributed by atoms with Crippen LogP contribution in [0.2, 0.25) is 0 Å². The number of ether oxygens (including phenoxy) is 1. The fourth-order valence-corrected chi connectivity index (χ4v) is 2.52. The van der Waals surface area contributed by atoms with Crippen molar-refractivity contribution < 1.29 is 14.3 Å². The molecule has 0 bridgehead atoms. The largest absolute Gasteiger partial charge is 0.386 e. The van der Waals surface area contributed by atoms with Gasteiger partial charge in [0.05, 0.1) is 11.1 Å². The number of benzene rings is 2. The molecule has 3 nitrogen and oxygen atoms in total. The first-order chi connectivity index (χ1) is 7.68. The van der Waals surface area contributed by atoms with E-state index in [0.29, 0.717) is 15.6 Å². The molecular weight excluding hydrogens is 272 g/mol. The van der Waals surface area contributed by atoms with Crippen molar-refractivity contribution in [2.75, 3.05) is 0 Å². The third-order valence-corrected chi connectivity index (χ3v) is 3.22. The molecule has 0 saturated carbocycles. The lowest BCUT2D eigenvalue weighted by Crippen LogP contribution is -1.97. The lowest BCUT2D eigenvalue weighted by atomic mass is 10.0. The molecule has 0 amide bonds. The highest BCUT2D eigenvalue weighted by Gasteiger charge is 2.33. The molecule has 4 heteroatoms. The van der Waals surface area contributed by atoms with E-state index in [1.165, 1.54) is 0 Å². The van der Waals surface area contributed by atoms with Gasteiger partial charge in [-0.25, -0.2) is 9.59 Å². The molecule has 78 valence electrons. The van der Waals surface area contributed by atoms with Crippen LogP contribution < -0.4 is 0 Å². The topological polar surface area (TPSA) is 43.4 Å². The Morgan fingerprint density at radius 3 is 2.50 bits per heavy atom. The summed E-state index contributed by atoms with van der Waals surface area (Å²) in [6.07, 6.45) is 0. The molecule has 0 spiro atoms. The summed E-state index contributed by atoms with van der Waals surface area (Å²) in [7, 11) is 0. The van der Waals surface area contributed by atoms with E-state index < -0.39 is 11.9 Å². The highest BCUT2D eigenvalue weighted by Crippen LogP contribution is 2.34. The van der Waals surface area contributed by atoms with Crippen LogP contribution in [-0.2, 0) is 4.74 Å². The van der Waals surface area contributed by atoms with Gasteiger partial charge >= 0.3 is 11.9 Å². The molecule has 0 aromatic heterocycles. The van der Waals surface area contributed by atoms with Gasteiger partial charge in [0.25, 0.3) is 0 Å². The predicted octanol–water partition coefficient (Wildman–Crippen LogP) is 2.91. The molecule has 0 N–H and O–H groups in total. The normalized spacial score (nSPS) is 14.1. The molecule has 2 aromatic rings. The zero-order valence-electron chi connectivity index (χ0n) is 7.99. The van der Waals surface area contributed by atoms with Crippen LogP contribution in [0.15, 0.2) is 34.8 Å². The van der Waals surface area contributed by atoms with Crippen LogP contribution in [0, 0.1) is 0 Å². The summed E-state index contributed by atoms with van der Waals surface area (Å²) in [6, 6.07) is 9.21. The molecule has 2 aromatic carbocycles. The summed E-state index contributed by atoms with van der Waals surface area (Å²) in [5.74, 6) is -1.16. The number of hydrogen-bond donors (Lipinski definition) is 0. The van der Waals surface area contributed by atoms with Crippen molar-refractivity contribution >= 4 is 38.6 Å². The maximum Gasteiger partial charge on any atom is 0.348 e. The molecule has 1 aliphatic rings. The number of fused-ring (bicyclic) bond motifs is 3. The van der Waals surface area contributed by atoms with Crippen molar-refractivity contribution in [1.29, 1.82) is 0 Å². The Morgan fingerprint density at radius 1 is 1.00 bits per heavy atom. The molecule has 1 aliphatic heterocycles. The molecule has 0 aliphatic carbocycles. The highest BCUT2D eigenvalue weighted by molar-refractivity contribution is 9.10. The zero-order valence-corrected chi connectivity index (χ0v) is 9.58. The van der Waals surface area contributed by atoms with Crippen molar-refractivity contribution in [3.8, 4) is 0 Å². The first-order valence-electron chi connectivity index (χ1n) is 4.66. The van der Waals surface area contributed by atoms with E-state index in [4.69, 9.17) is 0 Å². The van der Waals surface area contributed by atoms with E-state index in [0.717, 1.165) is 10.8 Å². The fraction of sp³-hybridized carbons (Fsp3) is 0. The second kappa shape index (κ2) is 3.15. The summed E-state index contributed by atoms with van der Waals surface area (Å²) in [4.78, 5) is 23.0. The maximum absolute atomic E-state index is 11.6. The lowest BCUT2D eigenvalue weighted by molar-refractivity contribution is 0.0444. The molecule has 0 saturated heterocycles. The van der Waals surface area contributed by atoms with Crippen molar-refractivity contribution in [2.45, 2.75) is 0 Å². The van der Waals surface area contributed by atoms with Gasteiger partial charge in [-0.2, -0.15) is 0 Å². The summed E-state index contributed by atoms with van der Waals surface area (Å²) < 4.78 is 5.21. The number of rotatable bonds is 0.